The van der Waals surface area contributed by atoms with E-state index in [2.05, 4.69) is 20.9 Å². The number of hydrogen-bond donors (Lipinski definition) is 2. The van der Waals surface area contributed by atoms with Crippen molar-refractivity contribution in [2.24, 2.45) is 0 Å². The maximum absolute atomic E-state index is 12.3. The summed E-state index contributed by atoms with van der Waals surface area (Å²) in [6.45, 7) is 0. The fraction of sp³-hybridized carbons (Fsp3) is 0.286. The Labute approximate surface area is 81.7 Å². The molecule has 0 saturated carbocycles. The molecule has 0 atom stereocenters. The van der Waals surface area contributed by atoms with Gasteiger partial charge in [-0.2, -0.15) is 0 Å². The summed E-state index contributed by atoms with van der Waals surface area (Å²) in [7, 11) is 0. The molecule has 13 heavy (non-hydrogen) atoms. The second-order valence-corrected chi connectivity index (χ2v) is 2.92. The van der Waals surface area contributed by atoms with Crippen LogP contribution < -0.4 is 5.73 Å². The Morgan fingerprint density at radius 1 is 1.62 bits per heavy atom. The molecule has 0 fully saturated rings. The molecule has 0 aromatic carbocycles. The van der Waals surface area contributed by atoms with Gasteiger partial charge < -0.3 is 10.8 Å². The first kappa shape index (κ1) is 10.2. The van der Waals surface area contributed by atoms with Gasteiger partial charge >= 0.3 is 0 Å². The Balaban J connectivity index is 3.25. The van der Waals surface area contributed by atoms with Gasteiger partial charge in [-0.25, -0.2) is 13.8 Å². The summed E-state index contributed by atoms with van der Waals surface area (Å²) in [5, 5.41) is 9.21. The number of aromatic nitrogens is 1. The van der Waals surface area contributed by atoms with Crippen molar-refractivity contribution < 1.29 is 13.9 Å². The van der Waals surface area contributed by atoms with Gasteiger partial charge in [0.15, 0.2) is 11.6 Å². The molecule has 0 unspecified atom stereocenters. The largest absolute Gasteiger partial charge is 0.504 e. The lowest BCUT2D eigenvalue weighted by Crippen LogP contribution is -2.00. The number of hydrogen-bond acceptors (Lipinski definition) is 3. The van der Waals surface area contributed by atoms with E-state index in [0.717, 1.165) is 6.07 Å². The summed E-state index contributed by atoms with van der Waals surface area (Å²) >= 11 is 3.00. The van der Waals surface area contributed by atoms with Crippen LogP contribution in [0.3, 0.4) is 0 Å². The minimum absolute atomic E-state index is 0.140. The average molecular weight is 253 g/mol. The quantitative estimate of drug-likeness (QED) is 0.794. The summed E-state index contributed by atoms with van der Waals surface area (Å²) in [5.41, 5.74) is 5.08. The molecule has 3 N–H and O–H groups in total. The Bertz CT molecular complexity index is 320. The van der Waals surface area contributed by atoms with E-state index in [1.165, 1.54) is 0 Å². The van der Waals surface area contributed by atoms with E-state index < -0.39 is 12.2 Å². The van der Waals surface area contributed by atoms with Crippen LogP contribution in [0.1, 0.15) is 17.7 Å². The van der Waals surface area contributed by atoms with Gasteiger partial charge in [-0.3, -0.25) is 0 Å². The predicted molar refractivity (Wildman–Crippen MR) is 47.9 cm³/mol. The molecule has 0 radical (unpaired) electrons. The van der Waals surface area contributed by atoms with E-state index in [1.54, 1.807) is 0 Å². The molecule has 0 aliphatic carbocycles. The SMILES string of the molecule is Nc1nc(CBr)c(C(F)F)cc1O. The molecule has 0 aliphatic rings. The number of halogens is 3. The third-order valence-electron chi connectivity index (χ3n) is 1.50. The molecular weight excluding hydrogens is 246 g/mol. The first-order valence-corrected chi connectivity index (χ1v) is 4.50. The third-order valence-corrected chi connectivity index (χ3v) is 2.04. The molecule has 0 aliphatic heterocycles. The van der Waals surface area contributed by atoms with Crippen molar-refractivity contribution in [3.05, 3.63) is 17.3 Å². The molecule has 3 nitrogen and oxygen atoms in total. The number of rotatable bonds is 2. The number of alkyl halides is 3. The minimum Gasteiger partial charge on any atom is -0.504 e. The van der Waals surface area contributed by atoms with Gasteiger partial charge in [0.05, 0.1) is 5.69 Å². The monoisotopic (exact) mass is 252 g/mol. The highest BCUT2D eigenvalue weighted by Crippen LogP contribution is 2.29. The van der Waals surface area contributed by atoms with Crippen molar-refractivity contribution in [3.8, 4) is 5.75 Å². The highest BCUT2D eigenvalue weighted by molar-refractivity contribution is 9.08. The van der Waals surface area contributed by atoms with Crippen LogP contribution in [0.25, 0.3) is 0 Å². The predicted octanol–water partition coefficient (Wildman–Crippen LogP) is 2.20. The number of anilines is 1. The van der Waals surface area contributed by atoms with Crippen molar-refractivity contribution in [1.29, 1.82) is 0 Å². The zero-order valence-electron chi connectivity index (χ0n) is 6.47. The topological polar surface area (TPSA) is 59.1 Å². The summed E-state index contributed by atoms with van der Waals surface area (Å²) in [6, 6.07) is 0.934. The van der Waals surface area contributed by atoms with Gasteiger partial charge in [-0.05, 0) is 6.07 Å². The zero-order chi connectivity index (χ0) is 10.0. The fourth-order valence-corrected chi connectivity index (χ4v) is 1.32. The molecule has 6 heteroatoms. The smallest absolute Gasteiger partial charge is 0.265 e. The molecule has 72 valence electrons. The molecule has 1 aromatic rings. The lowest BCUT2D eigenvalue weighted by atomic mass is 10.2. The van der Waals surface area contributed by atoms with Crippen LogP contribution >= 0.6 is 15.9 Å². The second-order valence-electron chi connectivity index (χ2n) is 2.36. The van der Waals surface area contributed by atoms with Gasteiger partial charge in [0.1, 0.15) is 0 Å². The molecule has 0 amide bonds. The molecule has 1 heterocycles. The van der Waals surface area contributed by atoms with Gasteiger partial charge in [-0.1, -0.05) is 15.9 Å². The zero-order valence-corrected chi connectivity index (χ0v) is 8.05. The molecule has 1 rings (SSSR count). The summed E-state index contributed by atoms with van der Waals surface area (Å²) < 4.78 is 24.6. The van der Waals surface area contributed by atoms with Crippen LogP contribution in [-0.2, 0) is 5.33 Å². The minimum atomic E-state index is -2.66. The van der Waals surface area contributed by atoms with E-state index in [-0.39, 0.29) is 22.4 Å². The van der Waals surface area contributed by atoms with Crippen LogP contribution in [0.2, 0.25) is 0 Å². The van der Waals surface area contributed by atoms with Crippen molar-refractivity contribution in [2.45, 2.75) is 11.8 Å². The number of nitrogens with zero attached hydrogens (tertiary/aromatic N) is 1. The van der Waals surface area contributed by atoms with Crippen LogP contribution in [0, 0.1) is 0 Å². The van der Waals surface area contributed by atoms with Gasteiger partial charge in [0.2, 0.25) is 0 Å². The summed E-state index contributed by atoms with van der Waals surface area (Å²) in [5.74, 6) is -0.557. The van der Waals surface area contributed by atoms with Crippen LogP contribution in [-0.4, -0.2) is 10.1 Å². The van der Waals surface area contributed by atoms with Crippen LogP contribution in [0.15, 0.2) is 6.07 Å². The highest BCUT2D eigenvalue weighted by Gasteiger charge is 2.16. The molecule has 0 saturated heterocycles. The van der Waals surface area contributed by atoms with Crippen LogP contribution in [0.4, 0.5) is 14.6 Å². The van der Waals surface area contributed by atoms with Crippen molar-refractivity contribution >= 4 is 21.7 Å². The third kappa shape index (κ3) is 2.06. The summed E-state index contributed by atoms with van der Waals surface area (Å²) in [4.78, 5) is 3.61. The van der Waals surface area contributed by atoms with E-state index in [4.69, 9.17) is 10.8 Å². The number of nitrogen functional groups attached to an aromatic ring is 1. The van der Waals surface area contributed by atoms with Gasteiger partial charge in [0.25, 0.3) is 6.43 Å². The molecule has 0 bridgehead atoms. The second kappa shape index (κ2) is 3.87. The maximum atomic E-state index is 12.3. The number of pyridine rings is 1. The molecular formula is C7H7BrF2N2O. The lowest BCUT2D eigenvalue weighted by molar-refractivity contribution is 0.149. The van der Waals surface area contributed by atoms with Crippen molar-refractivity contribution in [2.75, 3.05) is 5.73 Å². The highest BCUT2D eigenvalue weighted by atomic mass is 79.9. The average Bonchev–Trinajstić information content (AvgIpc) is 2.08. The fourth-order valence-electron chi connectivity index (χ4n) is 0.868. The van der Waals surface area contributed by atoms with E-state index >= 15 is 0 Å². The first-order valence-electron chi connectivity index (χ1n) is 3.38. The Kier molecular flexibility index (Phi) is 3.02. The van der Waals surface area contributed by atoms with Crippen LogP contribution in [0.5, 0.6) is 5.75 Å². The normalized spacial score (nSPS) is 10.8. The van der Waals surface area contributed by atoms with E-state index in [1.807, 2.05) is 0 Å². The Morgan fingerprint density at radius 2 is 2.23 bits per heavy atom. The van der Waals surface area contributed by atoms with Crippen molar-refractivity contribution in [1.82, 2.24) is 4.98 Å². The van der Waals surface area contributed by atoms with Crippen molar-refractivity contribution in [3.63, 3.8) is 0 Å². The standard InChI is InChI=1S/C7H7BrF2N2O/c8-2-4-3(6(9)10)1-5(13)7(11)12-4/h1,6,13H,2H2,(H2,11,12). The Morgan fingerprint density at radius 3 is 2.69 bits per heavy atom. The Hall–Kier alpha value is -0.910. The number of nitrogens with two attached hydrogens (primary N) is 1. The first-order chi connectivity index (χ1) is 6.06. The van der Waals surface area contributed by atoms with Gasteiger partial charge in [0, 0.05) is 10.9 Å². The van der Waals surface area contributed by atoms with Gasteiger partial charge in [-0.15, -0.1) is 0 Å². The summed E-state index contributed by atoms with van der Waals surface area (Å²) in [6.07, 6.45) is -2.66. The maximum Gasteiger partial charge on any atom is 0.265 e. The lowest BCUT2D eigenvalue weighted by Gasteiger charge is -2.07. The molecule has 0 spiro atoms. The molecule has 1 aromatic heterocycles. The van der Waals surface area contributed by atoms with E-state index in [0.29, 0.717) is 0 Å². The van der Waals surface area contributed by atoms with E-state index in [9.17, 15) is 8.78 Å². The number of aromatic hydroxyl groups is 1.